The molecule has 1 rings (SSSR count). The number of hydrogen-bond donors (Lipinski definition) is 1. The summed E-state index contributed by atoms with van der Waals surface area (Å²) in [7, 11) is 0. The van der Waals surface area contributed by atoms with Crippen LogP contribution in [-0.4, -0.2) is 35.9 Å². The van der Waals surface area contributed by atoms with Crippen LogP contribution < -0.4 is 0 Å². The van der Waals surface area contributed by atoms with Gasteiger partial charge in [-0.1, -0.05) is 151 Å². The normalized spacial score (nSPS) is 19.6. The molecule has 2 unspecified atom stereocenters. The highest BCUT2D eigenvalue weighted by atomic mass is 16.5. The molecule has 3 atom stereocenters. The summed E-state index contributed by atoms with van der Waals surface area (Å²) in [6, 6.07) is 0. The maximum atomic E-state index is 12.4. The summed E-state index contributed by atoms with van der Waals surface area (Å²) < 4.78 is 11.5. The van der Waals surface area contributed by atoms with Gasteiger partial charge in [0, 0.05) is 18.3 Å². The first-order valence-electron chi connectivity index (χ1n) is 19.5. The van der Waals surface area contributed by atoms with E-state index in [1.807, 2.05) is 0 Å². The predicted octanol–water partition coefficient (Wildman–Crippen LogP) is 11.5. The van der Waals surface area contributed by atoms with Crippen molar-refractivity contribution in [1.29, 1.82) is 0 Å². The fourth-order valence-electron chi connectivity index (χ4n) is 7.09. The van der Waals surface area contributed by atoms with Crippen molar-refractivity contribution in [2.75, 3.05) is 6.61 Å². The van der Waals surface area contributed by atoms with Gasteiger partial charge >= 0.3 is 11.9 Å². The third kappa shape index (κ3) is 17.6. The zero-order chi connectivity index (χ0) is 33.6. The number of esters is 2. The first kappa shape index (κ1) is 41.9. The molecule has 1 aliphatic rings. The molecule has 5 heteroatoms. The van der Waals surface area contributed by atoms with Crippen molar-refractivity contribution in [3.05, 3.63) is 0 Å². The quantitative estimate of drug-likeness (QED) is 0.0683. The van der Waals surface area contributed by atoms with Crippen molar-refractivity contribution >= 4 is 11.9 Å². The van der Waals surface area contributed by atoms with Gasteiger partial charge in [-0.15, -0.1) is 0 Å². The molecule has 0 bridgehead atoms. The fourth-order valence-corrected chi connectivity index (χ4v) is 7.09. The molecule has 0 aromatic heterocycles. The summed E-state index contributed by atoms with van der Waals surface area (Å²) >= 11 is 0. The molecule has 1 fully saturated rings. The fraction of sp³-hybridized carbons (Fsp3) is 0.950. The van der Waals surface area contributed by atoms with E-state index in [2.05, 4.69) is 48.5 Å². The van der Waals surface area contributed by atoms with Gasteiger partial charge in [0.15, 0.2) is 0 Å². The summed E-state index contributed by atoms with van der Waals surface area (Å²) in [5.74, 6) is 1.19. The lowest BCUT2D eigenvalue weighted by molar-refractivity contribution is -0.155. The Labute approximate surface area is 279 Å². The van der Waals surface area contributed by atoms with E-state index >= 15 is 0 Å². The van der Waals surface area contributed by atoms with Crippen LogP contribution in [0.3, 0.4) is 0 Å². The molecule has 0 radical (unpaired) electrons. The Morgan fingerprint density at radius 2 is 1.11 bits per heavy atom. The Balaban J connectivity index is 1.97. The van der Waals surface area contributed by atoms with E-state index < -0.39 is 0 Å². The molecule has 0 aromatic rings. The van der Waals surface area contributed by atoms with Crippen molar-refractivity contribution in [1.82, 2.24) is 0 Å². The average Bonchev–Trinajstić information content (AvgIpc) is 3.13. The second-order valence-corrected chi connectivity index (χ2v) is 15.7. The third-order valence-electron chi connectivity index (χ3n) is 11.6. The van der Waals surface area contributed by atoms with E-state index in [0.29, 0.717) is 31.3 Å². The second-order valence-electron chi connectivity index (χ2n) is 15.7. The second kappa shape index (κ2) is 24.1. The molecule has 0 spiro atoms. The largest absolute Gasteiger partial charge is 0.466 e. The lowest BCUT2D eigenvalue weighted by Gasteiger charge is -2.40. The Morgan fingerprint density at radius 1 is 0.644 bits per heavy atom. The van der Waals surface area contributed by atoms with Crippen LogP contribution in [0.15, 0.2) is 0 Å². The lowest BCUT2D eigenvalue weighted by Crippen LogP contribution is -2.38. The monoisotopic (exact) mass is 637 g/mol. The van der Waals surface area contributed by atoms with Gasteiger partial charge in [-0.05, 0) is 55.8 Å². The molecule has 0 amide bonds. The number of hydrogen-bond acceptors (Lipinski definition) is 5. The van der Waals surface area contributed by atoms with Gasteiger partial charge in [0.25, 0.3) is 0 Å². The molecule has 1 saturated carbocycles. The zero-order valence-corrected chi connectivity index (χ0v) is 31.1. The van der Waals surface area contributed by atoms with Gasteiger partial charge in [0.05, 0.1) is 12.7 Å². The minimum absolute atomic E-state index is 0.00312. The molecule has 0 heterocycles. The number of carbonyl (C=O) groups excluding carboxylic acids is 2. The lowest BCUT2D eigenvalue weighted by atomic mass is 9.67. The molecule has 266 valence electrons. The summed E-state index contributed by atoms with van der Waals surface area (Å²) in [5.41, 5.74) is 0.174. The number of unbranched alkanes of at least 4 members (excludes halogenated alkanes) is 12. The van der Waals surface area contributed by atoms with E-state index in [1.54, 1.807) is 0 Å². The molecule has 45 heavy (non-hydrogen) atoms. The molecule has 0 aliphatic heterocycles. The van der Waals surface area contributed by atoms with Crippen LogP contribution in [0.5, 0.6) is 0 Å². The van der Waals surface area contributed by atoms with Gasteiger partial charge in [0.2, 0.25) is 0 Å². The molecular weight excluding hydrogens is 560 g/mol. The van der Waals surface area contributed by atoms with E-state index in [9.17, 15) is 14.7 Å². The molecule has 1 aliphatic carbocycles. The van der Waals surface area contributed by atoms with Gasteiger partial charge < -0.3 is 14.6 Å². The molecule has 5 nitrogen and oxygen atoms in total. The van der Waals surface area contributed by atoms with E-state index in [4.69, 9.17) is 9.47 Å². The highest BCUT2D eigenvalue weighted by Gasteiger charge is 2.54. The van der Waals surface area contributed by atoms with Crippen molar-refractivity contribution in [2.24, 2.45) is 22.7 Å². The Morgan fingerprint density at radius 3 is 1.60 bits per heavy atom. The Hall–Kier alpha value is -1.10. The molecular formula is C40H76O5. The number of rotatable bonds is 28. The van der Waals surface area contributed by atoms with Crippen molar-refractivity contribution in [2.45, 2.75) is 215 Å². The first-order valence-corrected chi connectivity index (χ1v) is 19.5. The highest BCUT2D eigenvalue weighted by Crippen LogP contribution is 2.56. The standard InChI is InChI=1S/C40H76O5/c1-8-10-18-24-34(25-19-11-9-2)30-31-44-37(42)28-22-16-12-14-20-26-35(41)27-21-15-13-17-23-29-38(43)45-36-32-33(3)39(4,5)40(36,6)7/h33-36,41H,8-32H2,1-7H3/t33-,35?,36?/m1/s1. The summed E-state index contributed by atoms with van der Waals surface area (Å²) in [4.78, 5) is 24.6. The van der Waals surface area contributed by atoms with Crippen LogP contribution in [-0.2, 0) is 19.1 Å². The van der Waals surface area contributed by atoms with Crippen LogP contribution in [0.1, 0.15) is 203 Å². The third-order valence-corrected chi connectivity index (χ3v) is 11.6. The number of ether oxygens (including phenoxy) is 2. The maximum Gasteiger partial charge on any atom is 0.306 e. The number of carbonyl (C=O) groups is 2. The SMILES string of the molecule is CCCCCC(CCCCC)CCOC(=O)CCCCCCCC(O)CCCCCCCC(=O)OC1C[C@@H](C)C(C)(C)C1(C)C. The minimum Gasteiger partial charge on any atom is -0.466 e. The van der Waals surface area contributed by atoms with Gasteiger partial charge in [-0.2, -0.15) is 0 Å². The van der Waals surface area contributed by atoms with Crippen LogP contribution in [0, 0.1) is 22.7 Å². The van der Waals surface area contributed by atoms with Crippen LogP contribution in [0.4, 0.5) is 0 Å². The van der Waals surface area contributed by atoms with Gasteiger partial charge in [0.1, 0.15) is 6.10 Å². The van der Waals surface area contributed by atoms with Crippen LogP contribution in [0.25, 0.3) is 0 Å². The summed E-state index contributed by atoms with van der Waals surface area (Å²) in [6.45, 7) is 16.4. The van der Waals surface area contributed by atoms with Crippen LogP contribution in [0.2, 0.25) is 0 Å². The predicted molar refractivity (Wildman–Crippen MR) is 189 cm³/mol. The zero-order valence-electron chi connectivity index (χ0n) is 31.1. The molecule has 0 aromatic carbocycles. The molecule has 1 N–H and O–H groups in total. The number of aliphatic hydroxyl groups excluding tert-OH is 1. The highest BCUT2D eigenvalue weighted by molar-refractivity contribution is 5.69. The average molecular weight is 637 g/mol. The Kier molecular flexibility index (Phi) is 22.5. The Bertz CT molecular complexity index is 750. The number of aliphatic hydroxyl groups is 1. The topological polar surface area (TPSA) is 72.8 Å². The van der Waals surface area contributed by atoms with Gasteiger partial charge in [-0.3, -0.25) is 9.59 Å². The minimum atomic E-state index is -0.205. The summed E-state index contributed by atoms with van der Waals surface area (Å²) in [5, 5.41) is 10.4. The maximum absolute atomic E-state index is 12.4. The van der Waals surface area contributed by atoms with E-state index in [0.717, 1.165) is 89.9 Å². The van der Waals surface area contributed by atoms with Crippen molar-refractivity contribution < 1.29 is 24.2 Å². The van der Waals surface area contributed by atoms with E-state index in [-0.39, 0.29) is 35.0 Å². The van der Waals surface area contributed by atoms with Crippen molar-refractivity contribution in [3.63, 3.8) is 0 Å². The van der Waals surface area contributed by atoms with Crippen LogP contribution >= 0.6 is 0 Å². The van der Waals surface area contributed by atoms with Crippen molar-refractivity contribution in [3.8, 4) is 0 Å². The summed E-state index contributed by atoms with van der Waals surface area (Å²) in [6.07, 6.45) is 25.4. The van der Waals surface area contributed by atoms with Gasteiger partial charge in [-0.25, -0.2) is 0 Å². The smallest absolute Gasteiger partial charge is 0.306 e. The first-order chi connectivity index (χ1) is 21.4. The van der Waals surface area contributed by atoms with E-state index in [1.165, 1.54) is 51.4 Å². The molecule has 0 saturated heterocycles.